The molecule has 1 rings (SSSR count). The van der Waals surface area contributed by atoms with E-state index in [1.54, 1.807) is 0 Å². The molecular weight excluding hydrogens is 390 g/mol. The van der Waals surface area contributed by atoms with E-state index in [1.165, 1.54) is 0 Å². The highest BCUT2D eigenvalue weighted by Gasteiger charge is 2.30. The summed E-state index contributed by atoms with van der Waals surface area (Å²) in [5, 5.41) is 0. The number of carbonyl (C=O) groups is 2. The third-order valence-corrected chi connectivity index (χ3v) is 5.46. The van der Waals surface area contributed by atoms with E-state index >= 15 is 0 Å². The summed E-state index contributed by atoms with van der Waals surface area (Å²) in [7, 11) is 0. The van der Waals surface area contributed by atoms with Gasteiger partial charge in [0.05, 0.1) is 12.4 Å². The summed E-state index contributed by atoms with van der Waals surface area (Å²) in [5.41, 5.74) is 6.65. The molecule has 0 aliphatic carbocycles. The Bertz CT molecular complexity index is 689. The van der Waals surface area contributed by atoms with Crippen LogP contribution in [-0.4, -0.2) is 66.3 Å². The van der Waals surface area contributed by atoms with Gasteiger partial charge in [-0.1, -0.05) is 46.8 Å². The molecule has 1 heterocycles. The molecule has 0 spiro atoms. The fourth-order valence-corrected chi connectivity index (χ4v) is 3.74. The monoisotopic (exact) mass is 433 g/mol. The number of hydrogen-bond donors (Lipinski definition) is 1. The number of Topliss-reactive ketones (excluding diaryl/α,β-unsaturated/α-hetero) is 2. The highest BCUT2D eigenvalue weighted by Crippen LogP contribution is 2.22. The Morgan fingerprint density at radius 3 is 2.19 bits per heavy atom. The smallest absolute Gasteiger partial charge is 0.168 e. The van der Waals surface area contributed by atoms with Crippen LogP contribution in [-0.2, 0) is 14.3 Å². The van der Waals surface area contributed by atoms with Gasteiger partial charge in [-0.2, -0.15) is 0 Å². The number of nitrogens with two attached hydrogens (primary N) is 1. The molecule has 1 aliphatic rings. The first-order chi connectivity index (χ1) is 14.4. The van der Waals surface area contributed by atoms with Gasteiger partial charge >= 0.3 is 0 Å². The van der Waals surface area contributed by atoms with E-state index in [0.717, 1.165) is 19.6 Å². The van der Waals surface area contributed by atoms with Gasteiger partial charge in [-0.15, -0.1) is 0 Å². The molecule has 2 N–H and O–H groups in total. The number of ketones is 2. The molecule has 1 aliphatic heterocycles. The zero-order valence-corrected chi connectivity index (χ0v) is 20.8. The van der Waals surface area contributed by atoms with Gasteiger partial charge in [-0.25, -0.2) is 0 Å². The highest BCUT2D eigenvalue weighted by atomic mass is 16.5. The van der Waals surface area contributed by atoms with E-state index < -0.39 is 5.41 Å². The number of nitrogens with zero attached hydrogens (tertiary/aromatic N) is 2. The number of hydrogen-bond acceptors (Lipinski definition) is 6. The summed E-state index contributed by atoms with van der Waals surface area (Å²) in [6.07, 6.45) is 7.39. The van der Waals surface area contributed by atoms with Crippen molar-refractivity contribution in [1.82, 2.24) is 9.80 Å². The van der Waals surface area contributed by atoms with Crippen LogP contribution in [0.1, 0.15) is 55.4 Å². The van der Waals surface area contributed by atoms with Crippen molar-refractivity contribution in [2.45, 2.75) is 67.5 Å². The molecule has 0 radical (unpaired) electrons. The lowest BCUT2D eigenvalue weighted by molar-refractivity contribution is -0.126. The quantitative estimate of drug-likeness (QED) is 0.323. The van der Waals surface area contributed by atoms with Gasteiger partial charge in [-0.05, 0) is 32.9 Å². The largest absolute Gasteiger partial charge is 0.385 e. The molecule has 0 unspecified atom stereocenters. The molecule has 176 valence electrons. The van der Waals surface area contributed by atoms with E-state index in [0.29, 0.717) is 18.0 Å². The van der Waals surface area contributed by atoms with Crippen molar-refractivity contribution in [3.63, 3.8) is 0 Å². The van der Waals surface area contributed by atoms with E-state index in [-0.39, 0.29) is 36.2 Å². The minimum absolute atomic E-state index is 0.0134. The predicted molar refractivity (Wildman–Crippen MR) is 127 cm³/mol. The van der Waals surface area contributed by atoms with Crippen LogP contribution in [0.3, 0.4) is 0 Å². The van der Waals surface area contributed by atoms with Crippen molar-refractivity contribution in [3.05, 3.63) is 35.7 Å². The van der Waals surface area contributed by atoms with Gasteiger partial charge in [0.25, 0.3) is 0 Å². The fourth-order valence-electron chi connectivity index (χ4n) is 3.74. The molecule has 0 amide bonds. The Morgan fingerprint density at radius 2 is 1.71 bits per heavy atom. The van der Waals surface area contributed by atoms with E-state index in [4.69, 9.17) is 10.5 Å². The average molecular weight is 434 g/mol. The van der Waals surface area contributed by atoms with Gasteiger partial charge in [0.2, 0.25) is 0 Å². The highest BCUT2D eigenvalue weighted by molar-refractivity contribution is 6.01. The number of ether oxygens (including phenoxy) is 1. The van der Waals surface area contributed by atoms with E-state index in [2.05, 4.69) is 23.6 Å². The van der Waals surface area contributed by atoms with Crippen LogP contribution in [0.5, 0.6) is 0 Å². The van der Waals surface area contributed by atoms with Crippen molar-refractivity contribution in [3.8, 4) is 0 Å². The van der Waals surface area contributed by atoms with Crippen molar-refractivity contribution in [2.75, 3.05) is 32.8 Å². The Hall–Kier alpha value is -1.92. The first kappa shape index (κ1) is 27.1. The standard InChI is InChI=1S/C25H43N3O3/c1-9-10-21(24(30)25(6,7)8)11-12-23(26)28-19(4)15-27(16-20(28)5)13-14-31-17-22(29)18(2)3/h9-12,18-20H,13-17,26H2,1-8H3/b10-9-,21-11+,23-12+/t19-,20+. The number of rotatable bonds is 10. The topological polar surface area (TPSA) is 75.9 Å². The SMILES string of the molecule is C\C=C/C(=C\C=C(/N)N1[C@H](C)CN(CCOCC(=O)C(C)C)C[C@@H]1C)C(=O)C(C)(C)C. The maximum atomic E-state index is 12.7. The van der Waals surface area contributed by atoms with Crippen molar-refractivity contribution >= 4 is 11.6 Å². The van der Waals surface area contributed by atoms with Crippen molar-refractivity contribution < 1.29 is 14.3 Å². The Labute approximate surface area is 189 Å². The van der Waals surface area contributed by atoms with Crippen molar-refractivity contribution in [1.29, 1.82) is 0 Å². The van der Waals surface area contributed by atoms with Crippen LogP contribution >= 0.6 is 0 Å². The molecular formula is C25H43N3O3. The summed E-state index contributed by atoms with van der Waals surface area (Å²) < 4.78 is 5.55. The van der Waals surface area contributed by atoms with Gasteiger partial charge in [0.15, 0.2) is 11.6 Å². The second-order valence-corrected chi connectivity index (χ2v) is 9.83. The Balaban J connectivity index is 2.75. The Kier molecular flexibility index (Phi) is 10.7. The molecule has 1 saturated heterocycles. The van der Waals surface area contributed by atoms with Crippen LogP contribution in [0, 0.1) is 11.3 Å². The van der Waals surface area contributed by atoms with Crippen LogP contribution in [0.25, 0.3) is 0 Å². The van der Waals surface area contributed by atoms with Crippen LogP contribution in [0.2, 0.25) is 0 Å². The molecule has 0 saturated carbocycles. The summed E-state index contributed by atoms with van der Waals surface area (Å²) in [5.74, 6) is 0.915. The third kappa shape index (κ3) is 8.62. The molecule has 0 aromatic carbocycles. The minimum atomic E-state index is -0.442. The molecule has 0 aromatic rings. The number of piperazine rings is 1. The molecule has 0 bridgehead atoms. The lowest BCUT2D eigenvalue weighted by atomic mass is 9.86. The Morgan fingerprint density at radius 1 is 1.13 bits per heavy atom. The lowest BCUT2D eigenvalue weighted by Crippen LogP contribution is -2.57. The second-order valence-electron chi connectivity index (χ2n) is 9.83. The summed E-state index contributed by atoms with van der Waals surface area (Å²) >= 11 is 0. The van der Waals surface area contributed by atoms with Gasteiger partial charge in [-0.3, -0.25) is 14.5 Å². The molecule has 0 aromatic heterocycles. The molecule has 6 heteroatoms. The number of allylic oxidation sites excluding steroid dienone is 5. The molecule has 2 atom stereocenters. The lowest BCUT2D eigenvalue weighted by Gasteiger charge is -2.45. The summed E-state index contributed by atoms with van der Waals surface area (Å²) in [6.45, 7) is 19.0. The predicted octanol–water partition coefficient (Wildman–Crippen LogP) is 3.54. The van der Waals surface area contributed by atoms with Crippen LogP contribution < -0.4 is 5.73 Å². The first-order valence-electron chi connectivity index (χ1n) is 11.3. The zero-order chi connectivity index (χ0) is 23.8. The summed E-state index contributed by atoms with van der Waals surface area (Å²) in [4.78, 5) is 28.9. The van der Waals surface area contributed by atoms with Crippen LogP contribution in [0.15, 0.2) is 35.7 Å². The molecule has 1 fully saturated rings. The maximum Gasteiger partial charge on any atom is 0.168 e. The van der Waals surface area contributed by atoms with Gasteiger partial charge < -0.3 is 15.4 Å². The molecule has 31 heavy (non-hydrogen) atoms. The average Bonchev–Trinajstić information content (AvgIpc) is 2.66. The normalized spacial score (nSPS) is 21.9. The van der Waals surface area contributed by atoms with E-state index in [9.17, 15) is 9.59 Å². The third-order valence-electron chi connectivity index (χ3n) is 5.46. The summed E-state index contributed by atoms with van der Waals surface area (Å²) in [6, 6.07) is 0.461. The first-order valence-corrected chi connectivity index (χ1v) is 11.3. The maximum absolute atomic E-state index is 12.7. The van der Waals surface area contributed by atoms with Crippen LogP contribution in [0.4, 0.5) is 0 Å². The fraction of sp³-hybridized carbons (Fsp3) is 0.680. The molecule has 6 nitrogen and oxygen atoms in total. The minimum Gasteiger partial charge on any atom is -0.385 e. The van der Waals surface area contributed by atoms with Gasteiger partial charge in [0.1, 0.15) is 6.61 Å². The number of carbonyl (C=O) groups excluding carboxylic acids is 2. The second kappa shape index (κ2) is 12.2. The zero-order valence-electron chi connectivity index (χ0n) is 20.8. The van der Waals surface area contributed by atoms with Crippen molar-refractivity contribution in [2.24, 2.45) is 17.1 Å². The van der Waals surface area contributed by atoms with Gasteiger partial charge in [0, 0.05) is 48.6 Å². The van der Waals surface area contributed by atoms with E-state index in [1.807, 2.05) is 65.8 Å².